The van der Waals surface area contributed by atoms with Gasteiger partial charge in [-0.05, 0) is 30.7 Å². The molecule has 1 saturated heterocycles. The molecule has 1 atom stereocenters. The van der Waals surface area contributed by atoms with Crippen molar-refractivity contribution in [2.75, 3.05) is 0 Å². The number of pyridine rings is 1. The Balaban J connectivity index is 2.14. The summed E-state index contributed by atoms with van der Waals surface area (Å²) in [5.74, 6) is -1.16. The molecule has 1 unspecified atom stereocenters. The van der Waals surface area contributed by atoms with Gasteiger partial charge in [0.2, 0.25) is 0 Å². The summed E-state index contributed by atoms with van der Waals surface area (Å²) in [7, 11) is 0. The zero-order valence-electron chi connectivity index (χ0n) is 12.3. The Morgan fingerprint density at radius 2 is 1.96 bits per heavy atom. The largest absolute Gasteiger partial charge is 0.322 e. The molecule has 118 valence electrons. The third kappa shape index (κ3) is 2.50. The van der Waals surface area contributed by atoms with Crippen molar-refractivity contribution in [3.05, 3.63) is 69.9 Å². The maximum absolute atomic E-state index is 13.6. The van der Waals surface area contributed by atoms with Crippen LogP contribution in [0.5, 0.6) is 0 Å². The van der Waals surface area contributed by atoms with Crippen LogP contribution < -0.4 is 16.2 Å². The predicted molar refractivity (Wildman–Crippen MR) is 80.2 cm³/mol. The standard InChI is InChI=1S/C16H14FN3O3/c1-10-4-3-7-20(13(10)21)9-16(14(22)18-15(23)19-16)11-5-2-6-12(17)8-11/h2-8H,9H2,1H3,(H2,18,19,22,23). The summed E-state index contributed by atoms with van der Waals surface area (Å²) in [4.78, 5) is 36.3. The summed E-state index contributed by atoms with van der Waals surface area (Å²) >= 11 is 0. The van der Waals surface area contributed by atoms with Crippen LogP contribution in [0.4, 0.5) is 9.18 Å². The molecule has 1 aromatic heterocycles. The number of amides is 3. The van der Waals surface area contributed by atoms with Crippen molar-refractivity contribution in [3.8, 4) is 0 Å². The lowest BCUT2D eigenvalue weighted by Crippen LogP contribution is -2.49. The van der Waals surface area contributed by atoms with E-state index in [1.165, 1.54) is 35.0 Å². The number of halogens is 1. The zero-order valence-corrected chi connectivity index (χ0v) is 12.3. The Hall–Kier alpha value is -2.96. The Morgan fingerprint density at radius 3 is 2.61 bits per heavy atom. The molecule has 0 radical (unpaired) electrons. The Kier molecular flexibility index (Phi) is 3.48. The van der Waals surface area contributed by atoms with Crippen molar-refractivity contribution in [1.82, 2.24) is 15.2 Å². The highest BCUT2D eigenvalue weighted by molar-refractivity contribution is 6.07. The van der Waals surface area contributed by atoms with E-state index in [1.807, 2.05) is 0 Å². The van der Waals surface area contributed by atoms with Crippen molar-refractivity contribution in [1.29, 1.82) is 0 Å². The van der Waals surface area contributed by atoms with E-state index in [0.717, 1.165) is 0 Å². The van der Waals surface area contributed by atoms with E-state index in [9.17, 15) is 18.8 Å². The number of aromatic nitrogens is 1. The summed E-state index contributed by atoms with van der Waals surface area (Å²) in [6.07, 6.45) is 1.52. The van der Waals surface area contributed by atoms with Gasteiger partial charge in [0.25, 0.3) is 11.5 Å². The van der Waals surface area contributed by atoms with Gasteiger partial charge in [-0.15, -0.1) is 0 Å². The van der Waals surface area contributed by atoms with Gasteiger partial charge in [0.15, 0.2) is 5.54 Å². The molecule has 2 aromatic rings. The number of hydrogen-bond donors (Lipinski definition) is 2. The van der Waals surface area contributed by atoms with Crippen LogP contribution in [-0.4, -0.2) is 16.5 Å². The maximum Gasteiger partial charge on any atom is 0.322 e. The molecule has 0 bridgehead atoms. The number of rotatable bonds is 3. The third-order valence-corrected chi connectivity index (χ3v) is 3.88. The number of nitrogens with one attached hydrogen (secondary N) is 2. The van der Waals surface area contributed by atoms with Crippen molar-refractivity contribution in [2.24, 2.45) is 0 Å². The van der Waals surface area contributed by atoms with Gasteiger partial charge >= 0.3 is 6.03 Å². The molecule has 3 amide bonds. The lowest BCUT2D eigenvalue weighted by Gasteiger charge is -2.27. The number of urea groups is 1. The van der Waals surface area contributed by atoms with Crippen molar-refractivity contribution in [2.45, 2.75) is 19.0 Å². The summed E-state index contributed by atoms with van der Waals surface area (Å²) in [6.45, 7) is 1.52. The highest BCUT2D eigenvalue weighted by Gasteiger charge is 2.48. The van der Waals surface area contributed by atoms with E-state index in [0.29, 0.717) is 5.56 Å². The molecular weight excluding hydrogens is 301 g/mol. The monoisotopic (exact) mass is 315 g/mol. The summed E-state index contributed by atoms with van der Waals surface area (Å²) in [6, 6.07) is 8.04. The number of carbonyl (C=O) groups is 2. The lowest BCUT2D eigenvalue weighted by atomic mass is 9.89. The van der Waals surface area contributed by atoms with E-state index in [1.54, 1.807) is 19.1 Å². The first-order valence-corrected chi connectivity index (χ1v) is 6.98. The molecule has 2 heterocycles. The van der Waals surface area contributed by atoms with Gasteiger partial charge in [0, 0.05) is 11.8 Å². The van der Waals surface area contributed by atoms with Crippen molar-refractivity contribution in [3.63, 3.8) is 0 Å². The average molecular weight is 315 g/mol. The Morgan fingerprint density at radius 1 is 1.17 bits per heavy atom. The molecular formula is C16H14FN3O3. The summed E-state index contributed by atoms with van der Waals surface area (Å²) < 4.78 is 14.9. The van der Waals surface area contributed by atoms with Crippen LogP contribution in [0.1, 0.15) is 11.1 Å². The SMILES string of the molecule is Cc1cccn(CC2(c3cccc(F)c3)NC(=O)NC2=O)c1=O. The Bertz CT molecular complexity index is 862. The minimum atomic E-state index is -1.53. The second-order valence-corrected chi connectivity index (χ2v) is 5.45. The van der Waals surface area contributed by atoms with E-state index in [2.05, 4.69) is 10.6 Å². The molecule has 0 aliphatic carbocycles. The quantitative estimate of drug-likeness (QED) is 0.830. The number of benzene rings is 1. The van der Waals surface area contributed by atoms with Crippen LogP contribution in [0.2, 0.25) is 0 Å². The van der Waals surface area contributed by atoms with E-state index in [4.69, 9.17) is 0 Å². The van der Waals surface area contributed by atoms with E-state index >= 15 is 0 Å². The molecule has 1 fully saturated rings. The third-order valence-electron chi connectivity index (χ3n) is 3.88. The molecule has 1 aliphatic heterocycles. The fraction of sp³-hybridized carbons (Fsp3) is 0.188. The van der Waals surface area contributed by atoms with Gasteiger partial charge in [-0.25, -0.2) is 9.18 Å². The second-order valence-electron chi connectivity index (χ2n) is 5.45. The van der Waals surface area contributed by atoms with Gasteiger partial charge in [0.05, 0.1) is 6.54 Å². The summed E-state index contributed by atoms with van der Waals surface area (Å²) in [5.41, 5.74) is -1.03. The van der Waals surface area contributed by atoms with E-state index < -0.39 is 23.3 Å². The highest BCUT2D eigenvalue weighted by Crippen LogP contribution is 2.27. The van der Waals surface area contributed by atoms with E-state index in [-0.39, 0.29) is 17.7 Å². The molecule has 6 nitrogen and oxygen atoms in total. The summed E-state index contributed by atoms with van der Waals surface area (Å²) in [5, 5.41) is 4.68. The molecule has 7 heteroatoms. The minimum absolute atomic E-state index is 0.130. The van der Waals surface area contributed by atoms with Gasteiger partial charge in [-0.2, -0.15) is 0 Å². The number of hydrogen-bond acceptors (Lipinski definition) is 3. The first-order valence-electron chi connectivity index (χ1n) is 6.98. The van der Waals surface area contributed by atoms with Crippen LogP contribution in [0.15, 0.2) is 47.4 Å². The van der Waals surface area contributed by atoms with Crippen LogP contribution >= 0.6 is 0 Å². The lowest BCUT2D eigenvalue weighted by molar-refractivity contribution is -0.124. The van der Waals surface area contributed by atoms with Crippen LogP contribution in [-0.2, 0) is 16.9 Å². The van der Waals surface area contributed by atoms with Gasteiger partial charge < -0.3 is 9.88 Å². The highest BCUT2D eigenvalue weighted by atomic mass is 19.1. The molecule has 0 spiro atoms. The van der Waals surface area contributed by atoms with Crippen LogP contribution in [0, 0.1) is 12.7 Å². The second kappa shape index (κ2) is 5.35. The maximum atomic E-state index is 13.6. The predicted octanol–water partition coefficient (Wildman–Crippen LogP) is 1.03. The van der Waals surface area contributed by atoms with Crippen molar-refractivity contribution >= 4 is 11.9 Å². The Labute approximate surface area is 130 Å². The number of aryl methyl sites for hydroxylation is 1. The minimum Gasteiger partial charge on any atom is -0.318 e. The van der Waals surface area contributed by atoms with Gasteiger partial charge in [0.1, 0.15) is 5.82 Å². The smallest absolute Gasteiger partial charge is 0.318 e. The number of imide groups is 1. The molecule has 3 rings (SSSR count). The molecule has 1 aromatic carbocycles. The first-order chi connectivity index (χ1) is 10.9. The molecule has 23 heavy (non-hydrogen) atoms. The fourth-order valence-electron chi connectivity index (χ4n) is 2.69. The zero-order chi connectivity index (χ0) is 16.6. The first kappa shape index (κ1) is 15.0. The molecule has 1 aliphatic rings. The van der Waals surface area contributed by atoms with Crippen LogP contribution in [0.25, 0.3) is 0 Å². The number of carbonyl (C=O) groups excluding carboxylic acids is 2. The fourth-order valence-corrected chi connectivity index (χ4v) is 2.69. The topological polar surface area (TPSA) is 80.2 Å². The molecule has 0 saturated carbocycles. The normalized spacial score (nSPS) is 20.3. The van der Waals surface area contributed by atoms with Crippen LogP contribution in [0.3, 0.4) is 0 Å². The van der Waals surface area contributed by atoms with Gasteiger partial charge in [-0.3, -0.25) is 14.9 Å². The molecule has 2 N–H and O–H groups in total. The van der Waals surface area contributed by atoms with Gasteiger partial charge in [-0.1, -0.05) is 18.2 Å². The number of nitrogens with zero attached hydrogens (tertiary/aromatic N) is 1. The average Bonchev–Trinajstić information content (AvgIpc) is 2.79. The van der Waals surface area contributed by atoms with Crippen molar-refractivity contribution < 1.29 is 14.0 Å².